The first-order chi connectivity index (χ1) is 13.6. The average molecular weight is 371 g/mol. The number of hydrogen-bond acceptors (Lipinski definition) is 4. The van der Waals surface area contributed by atoms with Crippen molar-refractivity contribution in [1.82, 2.24) is 9.78 Å². The van der Waals surface area contributed by atoms with Crippen molar-refractivity contribution in [3.63, 3.8) is 0 Å². The van der Waals surface area contributed by atoms with Crippen LogP contribution in [0.5, 0.6) is 5.75 Å². The van der Waals surface area contributed by atoms with Gasteiger partial charge in [0.2, 0.25) is 0 Å². The number of aryl methyl sites for hydroxylation is 1. The zero-order valence-corrected chi connectivity index (χ0v) is 15.9. The van der Waals surface area contributed by atoms with E-state index in [0.717, 1.165) is 17.0 Å². The number of ether oxygens (including phenoxy) is 1. The van der Waals surface area contributed by atoms with E-state index in [9.17, 15) is 4.79 Å². The first-order valence-corrected chi connectivity index (χ1v) is 8.98. The van der Waals surface area contributed by atoms with Gasteiger partial charge in [0.05, 0.1) is 12.2 Å². The molecule has 3 rings (SSSR count). The first kappa shape index (κ1) is 19.1. The van der Waals surface area contributed by atoms with Crippen LogP contribution in [0.15, 0.2) is 60.7 Å². The molecule has 0 amide bonds. The van der Waals surface area contributed by atoms with Gasteiger partial charge >= 0.3 is 0 Å². The van der Waals surface area contributed by atoms with Gasteiger partial charge in [0, 0.05) is 16.8 Å². The van der Waals surface area contributed by atoms with E-state index < -0.39 is 0 Å². The third kappa shape index (κ3) is 4.54. The molecule has 0 radical (unpaired) electrons. The van der Waals surface area contributed by atoms with Crippen molar-refractivity contribution in [2.45, 2.75) is 20.4 Å². The summed E-state index contributed by atoms with van der Waals surface area (Å²) in [6.45, 7) is 4.63. The van der Waals surface area contributed by atoms with Gasteiger partial charge in [-0.2, -0.15) is 10.4 Å². The van der Waals surface area contributed by atoms with E-state index in [-0.39, 0.29) is 12.4 Å². The summed E-state index contributed by atoms with van der Waals surface area (Å²) in [5.74, 6) is 0.470. The molecule has 0 aliphatic rings. The summed E-state index contributed by atoms with van der Waals surface area (Å²) in [4.78, 5) is 12.5. The molecule has 0 saturated heterocycles. The Bertz CT molecular complexity index is 1030. The number of carbonyl (C=O) groups excluding carboxylic acids is 1. The molecule has 1 aromatic heterocycles. The third-order valence-corrected chi connectivity index (χ3v) is 4.46. The van der Waals surface area contributed by atoms with Crippen LogP contribution in [-0.4, -0.2) is 22.2 Å². The van der Waals surface area contributed by atoms with Crippen LogP contribution >= 0.6 is 0 Å². The molecule has 0 atom stereocenters. The molecule has 0 saturated carbocycles. The van der Waals surface area contributed by atoms with Gasteiger partial charge in [-0.15, -0.1) is 0 Å². The van der Waals surface area contributed by atoms with Crippen LogP contribution in [0.3, 0.4) is 0 Å². The van der Waals surface area contributed by atoms with Crippen molar-refractivity contribution < 1.29 is 9.53 Å². The number of rotatable bonds is 7. The minimum absolute atomic E-state index is 0.0152. The molecule has 0 aliphatic heterocycles. The molecule has 0 bridgehead atoms. The Balaban J connectivity index is 1.73. The van der Waals surface area contributed by atoms with Crippen LogP contribution in [0.25, 0.3) is 6.08 Å². The van der Waals surface area contributed by atoms with Gasteiger partial charge in [-0.3, -0.25) is 9.48 Å². The molecule has 0 spiro atoms. The second-order valence-corrected chi connectivity index (χ2v) is 6.40. The van der Waals surface area contributed by atoms with Gasteiger partial charge < -0.3 is 4.74 Å². The van der Waals surface area contributed by atoms with Crippen LogP contribution in [0.4, 0.5) is 0 Å². The minimum atomic E-state index is -0.0959. The Kier molecular flexibility index (Phi) is 6.03. The molecule has 0 N–H and O–H groups in total. The van der Waals surface area contributed by atoms with E-state index in [1.807, 2.05) is 48.9 Å². The highest BCUT2D eigenvalue weighted by atomic mass is 16.5. The SMILES string of the molecule is Cc1nn(Cc2ccccc2)c(C)c1/C=C/C(=O)c1ccc(OCC#N)cc1. The van der Waals surface area contributed by atoms with Crippen molar-refractivity contribution in [2.75, 3.05) is 6.61 Å². The molecule has 5 nitrogen and oxygen atoms in total. The largest absolute Gasteiger partial charge is 0.479 e. The zero-order valence-electron chi connectivity index (χ0n) is 15.9. The maximum Gasteiger partial charge on any atom is 0.185 e. The Morgan fingerprint density at radius 1 is 1.14 bits per heavy atom. The number of ketones is 1. The van der Waals surface area contributed by atoms with Gasteiger partial charge in [0.15, 0.2) is 12.4 Å². The number of nitrogens with zero attached hydrogens (tertiary/aromatic N) is 3. The van der Waals surface area contributed by atoms with Crippen molar-refractivity contribution in [3.8, 4) is 11.8 Å². The first-order valence-electron chi connectivity index (χ1n) is 8.98. The van der Waals surface area contributed by atoms with Crippen LogP contribution < -0.4 is 4.74 Å². The Morgan fingerprint density at radius 3 is 2.54 bits per heavy atom. The van der Waals surface area contributed by atoms with E-state index >= 15 is 0 Å². The fourth-order valence-electron chi connectivity index (χ4n) is 2.95. The zero-order chi connectivity index (χ0) is 19.9. The summed E-state index contributed by atoms with van der Waals surface area (Å²) in [7, 11) is 0. The monoisotopic (exact) mass is 371 g/mol. The number of hydrogen-bond donors (Lipinski definition) is 0. The lowest BCUT2D eigenvalue weighted by Crippen LogP contribution is -2.03. The highest BCUT2D eigenvalue weighted by Crippen LogP contribution is 2.18. The summed E-state index contributed by atoms with van der Waals surface area (Å²) >= 11 is 0. The maximum absolute atomic E-state index is 12.5. The van der Waals surface area contributed by atoms with Crippen molar-refractivity contribution >= 4 is 11.9 Å². The second kappa shape index (κ2) is 8.83. The maximum atomic E-state index is 12.5. The molecule has 2 aromatic carbocycles. The molecule has 0 aliphatic carbocycles. The average Bonchev–Trinajstić information content (AvgIpc) is 2.98. The molecular formula is C23H21N3O2. The van der Waals surface area contributed by atoms with Crippen molar-refractivity contribution in [3.05, 3.63) is 88.8 Å². The van der Waals surface area contributed by atoms with E-state index in [1.165, 1.54) is 5.56 Å². The number of aromatic nitrogens is 2. The minimum Gasteiger partial charge on any atom is -0.479 e. The topological polar surface area (TPSA) is 67.9 Å². The second-order valence-electron chi connectivity index (χ2n) is 6.40. The van der Waals surface area contributed by atoms with E-state index in [1.54, 1.807) is 30.3 Å². The van der Waals surface area contributed by atoms with Gasteiger partial charge in [-0.1, -0.05) is 30.3 Å². The summed E-state index contributed by atoms with van der Waals surface area (Å²) < 4.78 is 7.16. The highest BCUT2D eigenvalue weighted by molar-refractivity contribution is 6.06. The molecule has 3 aromatic rings. The molecule has 1 heterocycles. The number of carbonyl (C=O) groups is 1. The van der Waals surface area contributed by atoms with E-state index in [0.29, 0.717) is 17.9 Å². The predicted octanol–water partition coefficient (Wildman–Crippen LogP) is 4.35. The quantitative estimate of drug-likeness (QED) is 0.457. The number of nitriles is 1. The molecule has 140 valence electrons. The van der Waals surface area contributed by atoms with Crippen LogP contribution in [0.2, 0.25) is 0 Å². The Morgan fingerprint density at radius 2 is 1.86 bits per heavy atom. The van der Waals surface area contributed by atoms with E-state index in [2.05, 4.69) is 17.2 Å². The fourth-order valence-corrected chi connectivity index (χ4v) is 2.95. The highest BCUT2D eigenvalue weighted by Gasteiger charge is 2.10. The molecule has 0 unspecified atom stereocenters. The number of allylic oxidation sites excluding steroid dienone is 1. The normalized spacial score (nSPS) is 10.8. The lowest BCUT2D eigenvalue weighted by atomic mass is 10.1. The number of benzene rings is 2. The predicted molar refractivity (Wildman–Crippen MR) is 108 cm³/mol. The van der Waals surface area contributed by atoms with Gasteiger partial charge in [-0.05, 0) is 55.8 Å². The summed E-state index contributed by atoms with van der Waals surface area (Å²) in [6.07, 6.45) is 3.39. The molecule has 28 heavy (non-hydrogen) atoms. The smallest absolute Gasteiger partial charge is 0.185 e. The van der Waals surface area contributed by atoms with Gasteiger partial charge in [0.1, 0.15) is 11.8 Å². The summed E-state index contributed by atoms with van der Waals surface area (Å²) in [5, 5.41) is 13.1. The molecular weight excluding hydrogens is 350 g/mol. The van der Waals surface area contributed by atoms with Crippen molar-refractivity contribution in [2.24, 2.45) is 0 Å². The third-order valence-electron chi connectivity index (χ3n) is 4.46. The standard InChI is InChI=1S/C23H21N3O2/c1-17-22(18(2)26(25-17)16-19-6-4-3-5-7-19)12-13-23(27)20-8-10-21(11-9-20)28-15-14-24/h3-13H,15-16H2,1-2H3/b13-12+. The fraction of sp³-hybridized carbons (Fsp3) is 0.174. The van der Waals surface area contributed by atoms with Crippen molar-refractivity contribution in [1.29, 1.82) is 5.26 Å². The van der Waals surface area contributed by atoms with Crippen LogP contribution in [0, 0.1) is 25.2 Å². The van der Waals surface area contributed by atoms with Gasteiger partial charge in [-0.25, -0.2) is 0 Å². The summed E-state index contributed by atoms with van der Waals surface area (Å²) in [6, 6.07) is 18.8. The Labute approximate surface area is 164 Å². The van der Waals surface area contributed by atoms with Gasteiger partial charge in [0.25, 0.3) is 0 Å². The molecule has 0 fully saturated rings. The molecule has 5 heteroatoms. The summed E-state index contributed by atoms with van der Waals surface area (Å²) in [5.41, 5.74) is 4.60. The Hall–Kier alpha value is -3.65. The lowest BCUT2D eigenvalue weighted by molar-refractivity contribution is 0.104. The van der Waals surface area contributed by atoms with Crippen LogP contribution in [-0.2, 0) is 6.54 Å². The van der Waals surface area contributed by atoms with Crippen LogP contribution in [0.1, 0.15) is 32.9 Å². The van der Waals surface area contributed by atoms with E-state index in [4.69, 9.17) is 10.00 Å². The lowest BCUT2D eigenvalue weighted by Gasteiger charge is -2.04.